The van der Waals surface area contributed by atoms with Crippen LogP contribution in [0.3, 0.4) is 0 Å². The molecule has 0 spiro atoms. The van der Waals surface area contributed by atoms with Crippen LogP contribution in [0.4, 0.5) is 0 Å². The third-order valence-electron chi connectivity index (χ3n) is 3.32. The summed E-state index contributed by atoms with van der Waals surface area (Å²) in [5, 5.41) is 5.39. The number of aromatic nitrogens is 3. The highest BCUT2D eigenvalue weighted by atomic mass is 16.1. The minimum absolute atomic E-state index is 0.0382. The SMILES string of the molecule is CC(=O)c1cc(C)nc2c1c(C)nn2-c1ccccc1. The zero-order valence-electron chi connectivity index (χ0n) is 11.7. The molecule has 2 heterocycles. The van der Waals surface area contributed by atoms with Gasteiger partial charge in [-0.25, -0.2) is 9.67 Å². The van der Waals surface area contributed by atoms with Crippen LogP contribution in [0.2, 0.25) is 0 Å². The number of rotatable bonds is 2. The molecule has 20 heavy (non-hydrogen) atoms. The zero-order valence-corrected chi connectivity index (χ0v) is 11.7. The first-order valence-corrected chi connectivity index (χ1v) is 6.51. The second-order valence-corrected chi connectivity index (χ2v) is 4.90. The van der Waals surface area contributed by atoms with Crippen molar-refractivity contribution in [2.75, 3.05) is 0 Å². The van der Waals surface area contributed by atoms with E-state index in [2.05, 4.69) is 10.1 Å². The molecule has 100 valence electrons. The molecule has 0 saturated carbocycles. The highest BCUT2D eigenvalue weighted by molar-refractivity contribution is 6.06. The van der Waals surface area contributed by atoms with Crippen molar-refractivity contribution in [3.8, 4) is 5.69 Å². The molecule has 3 rings (SSSR count). The number of Topliss-reactive ketones (excluding diaryl/α,β-unsaturated/α-hetero) is 1. The van der Waals surface area contributed by atoms with Crippen LogP contribution < -0.4 is 0 Å². The summed E-state index contributed by atoms with van der Waals surface area (Å²) in [7, 11) is 0. The summed E-state index contributed by atoms with van der Waals surface area (Å²) < 4.78 is 1.80. The van der Waals surface area contributed by atoms with Crippen LogP contribution in [0, 0.1) is 13.8 Å². The van der Waals surface area contributed by atoms with E-state index in [0.717, 1.165) is 28.1 Å². The fourth-order valence-electron chi connectivity index (χ4n) is 2.44. The van der Waals surface area contributed by atoms with Crippen molar-refractivity contribution in [1.29, 1.82) is 0 Å². The molecule has 4 heteroatoms. The molecule has 0 aliphatic heterocycles. The van der Waals surface area contributed by atoms with Crippen LogP contribution in [0.25, 0.3) is 16.7 Å². The average Bonchev–Trinajstić information content (AvgIpc) is 2.76. The number of hydrogen-bond acceptors (Lipinski definition) is 3. The molecular formula is C16H15N3O. The number of aryl methyl sites for hydroxylation is 2. The van der Waals surface area contributed by atoms with Gasteiger partial charge in [0.1, 0.15) is 0 Å². The third kappa shape index (κ3) is 1.90. The lowest BCUT2D eigenvalue weighted by Gasteiger charge is -2.04. The van der Waals surface area contributed by atoms with Crippen molar-refractivity contribution >= 4 is 16.8 Å². The predicted octanol–water partition coefficient (Wildman–Crippen LogP) is 3.24. The Morgan fingerprint density at radius 3 is 2.50 bits per heavy atom. The Morgan fingerprint density at radius 2 is 1.85 bits per heavy atom. The van der Waals surface area contributed by atoms with E-state index >= 15 is 0 Å². The largest absolute Gasteiger partial charge is 0.294 e. The summed E-state index contributed by atoms with van der Waals surface area (Å²) >= 11 is 0. The van der Waals surface area contributed by atoms with Crippen LogP contribution >= 0.6 is 0 Å². The number of benzene rings is 1. The fraction of sp³-hybridized carbons (Fsp3) is 0.188. The molecule has 3 aromatic rings. The van der Waals surface area contributed by atoms with Crippen molar-refractivity contribution in [2.45, 2.75) is 20.8 Å². The van der Waals surface area contributed by atoms with Crippen molar-refractivity contribution in [3.05, 3.63) is 53.3 Å². The maximum Gasteiger partial charge on any atom is 0.164 e. The van der Waals surface area contributed by atoms with Gasteiger partial charge in [-0.15, -0.1) is 0 Å². The Labute approximate surface area is 117 Å². The Hall–Kier alpha value is -2.49. The normalized spacial score (nSPS) is 10.9. The Kier molecular flexibility index (Phi) is 2.86. The highest BCUT2D eigenvalue weighted by Crippen LogP contribution is 2.24. The predicted molar refractivity (Wildman–Crippen MR) is 78.3 cm³/mol. The number of fused-ring (bicyclic) bond motifs is 1. The van der Waals surface area contributed by atoms with Crippen LogP contribution in [0.1, 0.15) is 28.7 Å². The van der Waals surface area contributed by atoms with Crippen LogP contribution in [-0.2, 0) is 0 Å². The van der Waals surface area contributed by atoms with Gasteiger partial charge in [-0.2, -0.15) is 5.10 Å². The molecule has 0 unspecified atom stereocenters. The topological polar surface area (TPSA) is 47.8 Å². The minimum Gasteiger partial charge on any atom is -0.294 e. The van der Waals surface area contributed by atoms with Gasteiger partial charge in [0.05, 0.1) is 16.8 Å². The Morgan fingerprint density at radius 1 is 1.15 bits per heavy atom. The van der Waals surface area contributed by atoms with E-state index in [0.29, 0.717) is 5.56 Å². The Balaban J connectivity index is 2.40. The number of ketones is 1. The monoisotopic (exact) mass is 265 g/mol. The number of nitrogens with zero attached hydrogens (tertiary/aromatic N) is 3. The molecule has 0 fully saturated rings. The van der Waals surface area contributed by atoms with Gasteiger partial charge in [-0.1, -0.05) is 18.2 Å². The van der Waals surface area contributed by atoms with E-state index < -0.39 is 0 Å². The molecule has 0 amide bonds. The van der Waals surface area contributed by atoms with Gasteiger partial charge in [0.2, 0.25) is 0 Å². The summed E-state index contributed by atoms with van der Waals surface area (Å²) in [6.45, 7) is 5.38. The summed E-state index contributed by atoms with van der Waals surface area (Å²) in [5.74, 6) is 0.0382. The molecule has 0 saturated heterocycles. The minimum atomic E-state index is 0.0382. The lowest BCUT2D eigenvalue weighted by atomic mass is 10.1. The molecular weight excluding hydrogens is 250 g/mol. The Bertz CT molecular complexity index is 803. The number of para-hydroxylation sites is 1. The maximum absolute atomic E-state index is 11.8. The van der Waals surface area contributed by atoms with Crippen molar-refractivity contribution in [3.63, 3.8) is 0 Å². The van der Waals surface area contributed by atoms with Crippen molar-refractivity contribution in [1.82, 2.24) is 14.8 Å². The number of hydrogen-bond donors (Lipinski definition) is 0. The fourth-order valence-corrected chi connectivity index (χ4v) is 2.44. The van der Waals surface area contributed by atoms with Crippen LogP contribution in [0.5, 0.6) is 0 Å². The molecule has 0 radical (unpaired) electrons. The van der Waals surface area contributed by atoms with Crippen molar-refractivity contribution < 1.29 is 4.79 Å². The van der Waals surface area contributed by atoms with E-state index in [9.17, 15) is 4.79 Å². The zero-order chi connectivity index (χ0) is 14.3. The first-order chi connectivity index (χ1) is 9.58. The molecule has 4 nitrogen and oxygen atoms in total. The van der Waals surface area contributed by atoms with E-state index in [4.69, 9.17) is 0 Å². The van der Waals surface area contributed by atoms with Gasteiger partial charge in [0, 0.05) is 11.3 Å². The maximum atomic E-state index is 11.8. The lowest BCUT2D eigenvalue weighted by molar-refractivity contribution is 0.101. The second kappa shape index (κ2) is 4.56. The molecule has 1 aromatic carbocycles. The molecule has 0 N–H and O–H groups in total. The summed E-state index contributed by atoms with van der Waals surface area (Å²) in [6, 6.07) is 11.7. The third-order valence-corrected chi connectivity index (χ3v) is 3.32. The summed E-state index contributed by atoms with van der Waals surface area (Å²) in [4.78, 5) is 16.4. The quantitative estimate of drug-likeness (QED) is 0.668. The lowest BCUT2D eigenvalue weighted by Crippen LogP contribution is -2.00. The average molecular weight is 265 g/mol. The van der Waals surface area contributed by atoms with Gasteiger partial charge in [-0.05, 0) is 39.0 Å². The first-order valence-electron chi connectivity index (χ1n) is 6.51. The van der Waals surface area contributed by atoms with Crippen LogP contribution in [0.15, 0.2) is 36.4 Å². The van der Waals surface area contributed by atoms with Gasteiger partial charge >= 0.3 is 0 Å². The second-order valence-electron chi connectivity index (χ2n) is 4.90. The molecule has 2 aromatic heterocycles. The van der Waals surface area contributed by atoms with E-state index in [1.807, 2.05) is 50.2 Å². The van der Waals surface area contributed by atoms with Crippen LogP contribution in [-0.4, -0.2) is 20.5 Å². The summed E-state index contributed by atoms with van der Waals surface area (Å²) in [6.07, 6.45) is 0. The standard InChI is InChI=1S/C16H15N3O/c1-10-9-14(12(3)20)15-11(2)18-19(16(15)17-10)13-7-5-4-6-8-13/h4-9H,1-3H3. The van der Waals surface area contributed by atoms with E-state index in [-0.39, 0.29) is 5.78 Å². The number of carbonyl (C=O) groups is 1. The summed E-state index contributed by atoms with van der Waals surface area (Å²) in [5.41, 5.74) is 4.01. The molecule has 0 aliphatic carbocycles. The molecule has 0 atom stereocenters. The van der Waals surface area contributed by atoms with Crippen molar-refractivity contribution in [2.24, 2.45) is 0 Å². The molecule has 0 aliphatic rings. The number of pyridine rings is 1. The van der Waals surface area contributed by atoms with E-state index in [1.54, 1.807) is 11.6 Å². The molecule has 0 bridgehead atoms. The number of carbonyl (C=O) groups excluding carboxylic acids is 1. The first kappa shape index (κ1) is 12.5. The van der Waals surface area contributed by atoms with E-state index in [1.165, 1.54) is 0 Å². The van der Waals surface area contributed by atoms with Gasteiger partial charge in [-0.3, -0.25) is 4.79 Å². The van der Waals surface area contributed by atoms with Gasteiger partial charge in [0.25, 0.3) is 0 Å². The van der Waals surface area contributed by atoms with Gasteiger partial charge < -0.3 is 0 Å². The highest BCUT2D eigenvalue weighted by Gasteiger charge is 2.17. The smallest absolute Gasteiger partial charge is 0.164 e. The van der Waals surface area contributed by atoms with Gasteiger partial charge in [0.15, 0.2) is 11.4 Å².